The van der Waals surface area contributed by atoms with Crippen molar-refractivity contribution in [2.24, 2.45) is 0 Å². The molecule has 0 amide bonds. The lowest BCUT2D eigenvalue weighted by molar-refractivity contribution is 0.107. The average Bonchev–Trinajstić information content (AvgIpc) is 2.93. The molecule has 1 aliphatic heterocycles. The molecule has 2 atom stereocenters. The van der Waals surface area contributed by atoms with Gasteiger partial charge in [0.1, 0.15) is 5.69 Å². The van der Waals surface area contributed by atoms with E-state index in [1.807, 2.05) is 0 Å². The predicted molar refractivity (Wildman–Crippen MR) is 88.3 cm³/mol. The molecule has 0 spiro atoms. The molecule has 1 aliphatic rings. The number of nitrogens with one attached hydrogen (secondary N) is 1. The van der Waals surface area contributed by atoms with E-state index in [-0.39, 0.29) is 0 Å². The maximum absolute atomic E-state index is 10.9. The van der Waals surface area contributed by atoms with Gasteiger partial charge in [0.05, 0.1) is 12.7 Å². The minimum atomic E-state index is -2.16. The molecule has 0 aliphatic carbocycles. The molecule has 1 aromatic rings. The van der Waals surface area contributed by atoms with E-state index in [0.717, 1.165) is 32.5 Å². The summed E-state index contributed by atoms with van der Waals surface area (Å²) in [5.41, 5.74) is 0.385. The summed E-state index contributed by atoms with van der Waals surface area (Å²) >= 11 is 1.11. The third kappa shape index (κ3) is 5.47. The SMILES string of the molecule is COC1CCN(CCCOc2ncc(Br)cc2NS(=O)O)C1. The summed E-state index contributed by atoms with van der Waals surface area (Å²) in [4.78, 5) is 6.46. The van der Waals surface area contributed by atoms with Crippen molar-refractivity contribution >= 4 is 32.9 Å². The van der Waals surface area contributed by atoms with Gasteiger partial charge in [0.15, 0.2) is 0 Å². The smallest absolute Gasteiger partial charge is 0.259 e. The number of rotatable bonds is 8. The highest BCUT2D eigenvalue weighted by Gasteiger charge is 2.21. The standard InChI is InChI=1S/C13H20BrN3O4S/c1-20-11-3-5-17(9-11)4-2-6-21-13-12(16-22(18)19)7-10(14)8-15-13/h7-8,11,16H,2-6,9H2,1H3,(H,18,19). The second-order valence-corrected chi connectivity index (χ2v) is 6.62. The van der Waals surface area contributed by atoms with Gasteiger partial charge in [0.2, 0.25) is 5.88 Å². The number of ether oxygens (including phenoxy) is 2. The lowest BCUT2D eigenvalue weighted by Gasteiger charge is -2.16. The van der Waals surface area contributed by atoms with Crippen LogP contribution in [0.1, 0.15) is 12.8 Å². The summed E-state index contributed by atoms with van der Waals surface area (Å²) in [6.45, 7) is 3.44. The Balaban J connectivity index is 1.78. The van der Waals surface area contributed by atoms with Crippen molar-refractivity contribution in [3.63, 3.8) is 0 Å². The number of hydrogen-bond acceptors (Lipinski definition) is 5. The van der Waals surface area contributed by atoms with Crippen molar-refractivity contribution in [1.82, 2.24) is 9.88 Å². The molecular formula is C13H20BrN3O4S. The van der Waals surface area contributed by atoms with Gasteiger partial charge in [0.25, 0.3) is 11.3 Å². The third-order valence-electron chi connectivity index (χ3n) is 3.43. The van der Waals surface area contributed by atoms with Crippen molar-refractivity contribution in [2.45, 2.75) is 18.9 Å². The topological polar surface area (TPSA) is 83.9 Å². The van der Waals surface area contributed by atoms with Crippen LogP contribution in [0.15, 0.2) is 16.7 Å². The maximum Gasteiger partial charge on any atom is 0.259 e. The van der Waals surface area contributed by atoms with E-state index in [1.165, 1.54) is 0 Å². The van der Waals surface area contributed by atoms with E-state index in [2.05, 4.69) is 30.5 Å². The van der Waals surface area contributed by atoms with E-state index in [0.29, 0.717) is 28.8 Å². The summed E-state index contributed by atoms with van der Waals surface area (Å²) in [5.74, 6) is 0.321. The molecule has 2 unspecified atom stereocenters. The molecule has 2 heterocycles. The van der Waals surface area contributed by atoms with E-state index in [1.54, 1.807) is 19.4 Å². The Bertz CT molecular complexity index is 520. The highest BCUT2D eigenvalue weighted by atomic mass is 79.9. The van der Waals surface area contributed by atoms with Gasteiger partial charge in [-0.05, 0) is 34.8 Å². The fourth-order valence-corrected chi connectivity index (χ4v) is 3.02. The molecule has 2 N–H and O–H groups in total. The van der Waals surface area contributed by atoms with Gasteiger partial charge in [-0.1, -0.05) is 0 Å². The van der Waals surface area contributed by atoms with Crippen LogP contribution < -0.4 is 9.46 Å². The van der Waals surface area contributed by atoms with Gasteiger partial charge in [-0.25, -0.2) is 9.19 Å². The zero-order valence-electron chi connectivity index (χ0n) is 12.3. The molecule has 22 heavy (non-hydrogen) atoms. The Kier molecular flexibility index (Phi) is 7.03. The van der Waals surface area contributed by atoms with Crippen molar-refractivity contribution in [1.29, 1.82) is 0 Å². The van der Waals surface area contributed by atoms with E-state index >= 15 is 0 Å². The zero-order valence-corrected chi connectivity index (χ0v) is 14.7. The van der Waals surface area contributed by atoms with Crippen molar-refractivity contribution in [2.75, 3.05) is 38.1 Å². The number of likely N-dealkylation sites (tertiary alicyclic amines) is 1. The van der Waals surface area contributed by atoms with Crippen LogP contribution in [0.2, 0.25) is 0 Å². The Hall–Kier alpha value is -0.740. The van der Waals surface area contributed by atoms with E-state index in [4.69, 9.17) is 14.0 Å². The first-order chi connectivity index (χ1) is 10.6. The summed E-state index contributed by atoms with van der Waals surface area (Å²) in [5, 5.41) is 0. The number of anilines is 1. The second kappa shape index (κ2) is 8.78. The summed E-state index contributed by atoms with van der Waals surface area (Å²) < 4.78 is 33.8. The minimum absolute atomic E-state index is 0.321. The van der Waals surface area contributed by atoms with Gasteiger partial charge in [-0.2, -0.15) is 0 Å². The van der Waals surface area contributed by atoms with Crippen molar-refractivity contribution in [3.8, 4) is 5.88 Å². The molecule has 7 nitrogen and oxygen atoms in total. The highest BCUT2D eigenvalue weighted by molar-refractivity contribution is 9.10. The summed E-state index contributed by atoms with van der Waals surface area (Å²) in [6, 6.07) is 1.65. The average molecular weight is 394 g/mol. The predicted octanol–water partition coefficient (Wildman–Crippen LogP) is 1.88. The molecule has 2 rings (SSSR count). The first-order valence-corrected chi connectivity index (χ1v) is 8.89. The third-order valence-corrected chi connectivity index (χ3v) is 4.26. The number of nitrogens with zero attached hydrogens (tertiary/aromatic N) is 2. The number of hydrogen-bond donors (Lipinski definition) is 2. The normalized spacial score (nSPS) is 20.0. The first kappa shape index (κ1) is 17.6. The molecule has 0 saturated carbocycles. The van der Waals surface area contributed by atoms with E-state index in [9.17, 15) is 4.21 Å². The van der Waals surface area contributed by atoms with Crippen molar-refractivity contribution in [3.05, 3.63) is 16.7 Å². The number of halogens is 1. The largest absolute Gasteiger partial charge is 0.476 e. The van der Waals surface area contributed by atoms with Crippen LogP contribution in [0.3, 0.4) is 0 Å². The lowest BCUT2D eigenvalue weighted by Crippen LogP contribution is -2.25. The molecule has 0 radical (unpaired) electrons. The van der Waals surface area contributed by atoms with E-state index < -0.39 is 11.3 Å². The van der Waals surface area contributed by atoms with Crippen LogP contribution in [0, 0.1) is 0 Å². The van der Waals surface area contributed by atoms with Crippen LogP contribution >= 0.6 is 15.9 Å². The first-order valence-electron chi connectivity index (χ1n) is 6.99. The number of methoxy groups -OCH3 is 1. The number of pyridine rings is 1. The van der Waals surface area contributed by atoms with Gasteiger partial charge < -0.3 is 14.4 Å². The Morgan fingerprint density at radius 3 is 3.14 bits per heavy atom. The van der Waals surface area contributed by atoms with Gasteiger partial charge in [-0.3, -0.25) is 9.27 Å². The molecule has 1 fully saturated rings. The van der Waals surface area contributed by atoms with Crippen molar-refractivity contribution < 1.29 is 18.2 Å². The van der Waals surface area contributed by atoms with Gasteiger partial charge >= 0.3 is 0 Å². The van der Waals surface area contributed by atoms with Crippen LogP contribution in [0.25, 0.3) is 0 Å². The minimum Gasteiger partial charge on any atom is -0.476 e. The quantitative estimate of drug-likeness (QED) is 0.518. The molecular weight excluding hydrogens is 374 g/mol. The van der Waals surface area contributed by atoms with Gasteiger partial charge in [0, 0.05) is 37.4 Å². The van der Waals surface area contributed by atoms with Crippen LogP contribution in [0.4, 0.5) is 5.69 Å². The fourth-order valence-electron chi connectivity index (χ4n) is 2.36. The molecule has 0 bridgehead atoms. The monoisotopic (exact) mass is 393 g/mol. The molecule has 1 aromatic heterocycles. The zero-order chi connectivity index (χ0) is 15.9. The summed E-state index contributed by atoms with van der Waals surface area (Å²) in [7, 11) is 1.75. The van der Waals surface area contributed by atoms with Crippen LogP contribution in [-0.2, 0) is 16.0 Å². The maximum atomic E-state index is 10.9. The second-order valence-electron chi connectivity index (χ2n) is 5.01. The van der Waals surface area contributed by atoms with Crippen LogP contribution in [-0.4, -0.2) is 58.1 Å². The molecule has 124 valence electrons. The Labute approximate surface area is 140 Å². The fraction of sp³-hybridized carbons (Fsp3) is 0.615. The molecule has 1 saturated heterocycles. The molecule has 9 heteroatoms. The molecule has 0 aromatic carbocycles. The van der Waals surface area contributed by atoms with Gasteiger partial charge in [-0.15, -0.1) is 0 Å². The highest BCUT2D eigenvalue weighted by Crippen LogP contribution is 2.25. The number of aromatic nitrogens is 1. The Morgan fingerprint density at radius 1 is 1.64 bits per heavy atom. The summed E-state index contributed by atoms with van der Waals surface area (Å²) in [6.07, 6.45) is 3.85. The Morgan fingerprint density at radius 2 is 2.45 bits per heavy atom. The van der Waals surface area contributed by atoms with Crippen LogP contribution in [0.5, 0.6) is 5.88 Å². The lowest BCUT2D eigenvalue weighted by atomic mass is 10.3.